The number of rotatable bonds is 8. The molecule has 2 nitrogen and oxygen atoms in total. The fourth-order valence-corrected chi connectivity index (χ4v) is 21.8. The molecule has 4 heteroatoms. The van der Waals surface area contributed by atoms with E-state index in [9.17, 15) is 0 Å². The van der Waals surface area contributed by atoms with Gasteiger partial charge in [-0.15, -0.1) is 0 Å². The zero-order valence-corrected chi connectivity index (χ0v) is 23.4. The predicted octanol–water partition coefficient (Wildman–Crippen LogP) is 2.35. The Morgan fingerprint density at radius 1 is 0.355 bits per heavy atom. The van der Waals surface area contributed by atoms with Gasteiger partial charge in [0.25, 0.3) is 0 Å². The molecule has 0 unspecified atom stereocenters. The topological polar surface area (TPSA) is 63.0 Å². The van der Waals surface area contributed by atoms with Gasteiger partial charge in [0.15, 0.2) is 0 Å². The quantitative estimate of drug-likeness (QED) is 0.271. The van der Waals surface area contributed by atoms with E-state index in [-0.39, 0.29) is 11.0 Å². The Kier molecular flexibility index (Phi) is 11.4. The Morgan fingerprint density at radius 2 is 0.581 bits per heavy atom. The summed E-state index contributed by atoms with van der Waals surface area (Å²) in [7, 11) is 0. The van der Waals surface area contributed by atoms with Crippen LogP contribution in [0.1, 0.15) is 6.42 Å². The fourth-order valence-electron chi connectivity index (χ4n) is 3.91. The molecule has 0 aliphatic rings. The second-order valence-electron chi connectivity index (χ2n) is 7.27. The van der Waals surface area contributed by atoms with Crippen molar-refractivity contribution in [2.75, 3.05) is 0 Å². The van der Waals surface area contributed by atoms with Crippen LogP contribution in [0.15, 0.2) is 121 Å². The third kappa shape index (κ3) is 7.21. The van der Waals surface area contributed by atoms with Crippen LogP contribution in [0.4, 0.5) is 0 Å². The van der Waals surface area contributed by atoms with E-state index < -0.39 is 39.5 Å². The molecule has 0 bridgehead atoms. The maximum atomic E-state index is 2.37. The summed E-state index contributed by atoms with van der Waals surface area (Å²) in [6.45, 7) is 0. The van der Waals surface area contributed by atoms with Gasteiger partial charge in [0.2, 0.25) is 0 Å². The Hall–Kier alpha value is -1.60. The number of benzene rings is 4. The van der Waals surface area contributed by atoms with Crippen LogP contribution in [0, 0.1) is 0 Å². The molecule has 4 rings (SSSR count). The van der Waals surface area contributed by atoms with Crippen LogP contribution in [-0.2, 0) is 0 Å². The second-order valence-corrected chi connectivity index (χ2v) is 22.2. The summed E-state index contributed by atoms with van der Waals surface area (Å²) in [5, 5.41) is 0. The van der Waals surface area contributed by atoms with Gasteiger partial charge in [0.1, 0.15) is 0 Å². The number of hydrogen-bond donors (Lipinski definition) is 0. The van der Waals surface area contributed by atoms with Crippen molar-refractivity contribution in [3.63, 3.8) is 0 Å². The molecular weight excluding hydrogens is 594 g/mol. The van der Waals surface area contributed by atoms with Gasteiger partial charge in [0.05, 0.1) is 0 Å². The van der Waals surface area contributed by atoms with Crippen LogP contribution >= 0.6 is 0 Å². The predicted molar refractivity (Wildman–Crippen MR) is 137 cm³/mol. The summed E-state index contributed by atoms with van der Waals surface area (Å²) in [4.78, 5) is 0. The molecule has 0 atom stereocenters. The molecular formula is C27H30O2Sn2. The van der Waals surface area contributed by atoms with E-state index in [4.69, 9.17) is 0 Å². The summed E-state index contributed by atoms with van der Waals surface area (Å²) in [6.07, 6.45) is 1.36. The molecule has 158 valence electrons. The van der Waals surface area contributed by atoms with Crippen molar-refractivity contribution in [1.82, 2.24) is 0 Å². The Morgan fingerprint density at radius 3 is 0.806 bits per heavy atom. The Bertz CT molecular complexity index is 819. The van der Waals surface area contributed by atoms with Gasteiger partial charge in [-0.25, -0.2) is 0 Å². The first-order valence-corrected chi connectivity index (χ1v) is 20.1. The molecule has 2 radical (unpaired) electrons. The van der Waals surface area contributed by atoms with Gasteiger partial charge in [-0.2, -0.15) is 0 Å². The zero-order valence-electron chi connectivity index (χ0n) is 17.7. The molecule has 4 aromatic rings. The molecule has 0 amide bonds. The minimum atomic E-state index is -1.85. The van der Waals surface area contributed by atoms with E-state index in [1.54, 1.807) is 14.3 Å². The average Bonchev–Trinajstić information content (AvgIpc) is 2.81. The summed E-state index contributed by atoms with van der Waals surface area (Å²) in [5.41, 5.74) is 0. The van der Waals surface area contributed by atoms with Crippen LogP contribution in [0.5, 0.6) is 0 Å². The molecule has 0 aliphatic heterocycles. The minimum absolute atomic E-state index is 0. The molecule has 0 heterocycles. The molecule has 0 aromatic heterocycles. The van der Waals surface area contributed by atoms with E-state index in [0.29, 0.717) is 0 Å². The van der Waals surface area contributed by atoms with Gasteiger partial charge in [0, 0.05) is 0 Å². The average molecular weight is 624 g/mol. The summed E-state index contributed by atoms with van der Waals surface area (Å²) < 4.78 is 9.33. The molecule has 4 N–H and O–H groups in total. The molecule has 0 fully saturated rings. The van der Waals surface area contributed by atoms with E-state index in [1.807, 2.05) is 0 Å². The maximum absolute atomic E-state index is 2.37. The first kappa shape index (κ1) is 25.7. The van der Waals surface area contributed by atoms with Gasteiger partial charge in [-0.3, -0.25) is 0 Å². The van der Waals surface area contributed by atoms with Crippen LogP contribution in [0.25, 0.3) is 0 Å². The molecule has 0 saturated carbocycles. The molecule has 31 heavy (non-hydrogen) atoms. The first-order valence-electron chi connectivity index (χ1n) is 10.3. The standard InChI is InChI=1S/4C6H5.C3H6.2H2O.2Sn/c4*1-2-4-6-5-3-1;1-3-2;;;;/h4*1-5H;1-3H2;2*1H2;;. The Balaban J connectivity index is 0.00000171. The molecule has 0 spiro atoms. The van der Waals surface area contributed by atoms with Crippen LogP contribution in [0.2, 0.25) is 8.87 Å². The van der Waals surface area contributed by atoms with Gasteiger partial charge in [-0.05, 0) is 0 Å². The van der Waals surface area contributed by atoms with Gasteiger partial charge in [-0.1, -0.05) is 0 Å². The number of hydrogen-bond acceptors (Lipinski definition) is 0. The monoisotopic (exact) mass is 626 g/mol. The Labute approximate surface area is 200 Å². The SMILES string of the molecule is O.O.c1cc[c]([Sn]([CH2]C[CH2][Sn]([c]2ccccc2)[c]2ccccc2)[c]2ccccc2)cc1. The van der Waals surface area contributed by atoms with E-state index in [2.05, 4.69) is 121 Å². The molecule has 0 saturated heterocycles. The first-order chi connectivity index (χ1) is 14.4. The van der Waals surface area contributed by atoms with E-state index in [0.717, 1.165) is 0 Å². The van der Waals surface area contributed by atoms with Crippen LogP contribution < -0.4 is 14.3 Å². The zero-order chi connectivity index (χ0) is 19.7. The van der Waals surface area contributed by atoms with E-state index >= 15 is 0 Å². The molecule has 0 aliphatic carbocycles. The summed E-state index contributed by atoms with van der Waals surface area (Å²) in [5.74, 6) is 0. The summed E-state index contributed by atoms with van der Waals surface area (Å²) in [6, 6.07) is 45.3. The van der Waals surface area contributed by atoms with Gasteiger partial charge < -0.3 is 11.0 Å². The second kappa shape index (κ2) is 13.7. The van der Waals surface area contributed by atoms with Crippen molar-refractivity contribution in [2.24, 2.45) is 0 Å². The summed E-state index contributed by atoms with van der Waals surface area (Å²) >= 11 is -3.70. The third-order valence-electron chi connectivity index (χ3n) is 5.34. The fraction of sp³-hybridized carbons (Fsp3) is 0.111. The normalized spacial score (nSPS) is 10.4. The van der Waals surface area contributed by atoms with Crippen molar-refractivity contribution in [3.05, 3.63) is 121 Å². The third-order valence-corrected chi connectivity index (χ3v) is 22.0. The van der Waals surface area contributed by atoms with Crippen molar-refractivity contribution in [1.29, 1.82) is 0 Å². The molecule has 4 aromatic carbocycles. The van der Waals surface area contributed by atoms with Crippen molar-refractivity contribution in [3.8, 4) is 0 Å². The van der Waals surface area contributed by atoms with Gasteiger partial charge >= 0.3 is 190 Å². The van der Waals surface area contributed by atoms with Crippen molar-refractivity contribution in [2.45, 2.75) is 15.3 Å². The van der Waals surface area contributed by atoms with E-state index in [1.165, 1.54) is 15.3 Å². The van der Waals surface area contributed by atoms with Crippen LogP contribution in [0.3, 0.4) is 0 Å². The van der Waals surface area contributed by atoms with Crippen molar-refractivity contribution >= 4 is 53.8 Å². The van der Waals surface area contributed by atoms with Crippen molar-refractivity contribution < 1.29 is 11.0 Å². The van der Waals surface area contributed by atoms with Crippen LogP contribution in [-0.4, -0.2) is 50.5 Å².